The zero-order valence-electron chi connectivity index (χ0n) is 11.8. The first-order valence-corrected chi connectivity index (χ1v) is 6.97. The molecule has 0 bridgehead atoms. The highest BCUT2D eigenvalue weighted by molar-refractivity contribution is 5.48. The van der Waals surface area contributed by atoms with E-state index in [-0.39, 0.29) is 17.2 Å². The lowest BCUT2D eigenvalue weighted by molar-refractivity contribution is -0.385. The first-order chi connectivity index (χ1) is 10.2. The number of aromatic nitrogens is 1. The minimum atomic E-state index is -0.333. The van der Waals surface area contributed by atoms with Crippen LogP contribution in [0.5, 0.6) is 5.75 Å². The van der Waals surface area contributed by atoms with E-state index in [1.165, 1.54) is 0 Å². The van der Waals surface area contributed by atoms with Gasteiger partial charge in [0, 0.05) is 12.3 Å². The average Bonchev–Trinajstić information content (AvgIpc) is 3.30. The molecule has 1 aliphatic carbocycles. The van der Waals surface area contributed by atoms with Gasteiger partial charge in [-0.05, 0) is 43.4 Å². The molecule has 0 radical (unpaired) electrons. The second-order valence-corrected chi connectivity index (χ2v) is 5.25. The highest BCUT2D eigenvalue weighted by Crippen LogP contribution is 2.43. The van der Waals surface area contributed by atoms with Gasteiger partial charge in [-0.25, -0.2) is 0 Å². The fraction of sp³-hybridized carbons (Fsp3) is 0.312. The highest BCUT2D eigenvalue weighted by Gasteiger charge is 2.30. The van der Waals surface area contributed by atoms with Gasteiger partial charge in [-0.2, -0.15) is 0 Å². The largest absolute Gasteiger partial charge is 0.487 e. The van der Waals surface area contributed by atoms with Crippen molar-refractivity contribution in [2.24, 2.45) is 0 Å². The van der Waals surface area contributed by atoms with Crippen molar-refractivity contribution in [2.45, 2.75) is 32.3 Å². The van der Waals surface area contributed by atoms with Crippen molar-refractivity contribution in [3.05, 3.63) is 63.5 Å². The summed E-state index contributed by atoms with van der Waals surface area (Å²) in [4.78, 5) is 15.1. The molecule has 5 nitrogen and oxygen atoms in total. The van der Waals surface area contributed by atoms with Crippen LogP contribution in [0.3, 0.4) is 0 Å². The topological polar surface area (TPSA) is 65.3 Å². The number of nitro benzene ring substituents is 1. The number of aryl methyl sites for hydroxylation is 1. The van der Waals surface area contributed by atoms with Crippen LogP contribution in [0.25, 0.3) is 0 Å². The van der Waals surface area contributed by atoms with Crippen LogP contribution in [0.15, 0.2) is 36.5 Å². The molecule has 0 spiro atoms. The van der Waals surface area contributed by atoms with E-state index in [1.54, 1.807) is 24.4 Å². The predicted octanol–water partition coefficient (Wildman–Crippen LogP) is 3.75. The molecule has 1 saturated carbocycles. The maximum absolute atomic E-state index is 11.2. The van der Waals surface area contributed by atoms with Gasteiger partial charge in [0.05, 0.1) is 16.2 Å². The quantitative estimate of drug-likeness (QED) is 0.619. The Morgan fingerprint density at radius 1 is 1.33 bits per heavy atom. The summed E-state index contributed by atoms with van der Waals surface area (Å²) in [7, 11) is 0. The fourth-order valence-electron chi connectivity index (χ4n) is 2.47. The van der Waals surface area contributed by atoms with Crippen LogP contribution in [-0.2, 0) is 6.61 Å². The molecule has 0 amide bonds. The molecule has 1 fully saturated rings. The highest BCUT2D eigenvalue weighted by atomic mass is 16.6. The summed E-state index contributed by atoms with van der Waals surface area (Å²) in [5.41, 5.74) is 2.66. The third-order valence-electron chi connectivity index (χ3n) is 3.73. The van der Waals surface area contributed by atoms with Crippen LogP contribution in [-0.4, -0.2) is 9.91 Å². The van der Waals surface area contributed by atoms with Crippen molar-refractivity contribution in [1.29, 1.82) is 0 Å². The molecule has 0 aliphatic heterocycles. The van der Waals surface area contributed by atoms with Gasteiger partial charge in [-0.3, -0.25) is 15.1 Å². The van der Waals surface area contributed by atoms with Gasteiger partial charge in [-0.15, -0.1) is 0 Å². The van der Waals surface area contributed by atoms with Crippen molar-refractivity contribution in [3.63, 3.8) is 0 Å². The normalized spacial score (nSPS) is 14.0. The second-order valence-electron chi connectivity index (χ2n) is 5.25. The number of hydrogen-bond donors (Lipinski definition) is 0. The minimum absolute atomic E-state index is 0.140. The SMILES string of the molecule is Cc1ncccc1OCc1c(C2CC2)cccc1[N+](=O)[O-]. The van der Waals surface area contributed by atoms with Gasteiger partial charge >= 0.3 is 0 Å². The lowest BCUT2D eigenvalue weighted by Gasteiger charge is -2.12. The summed E-state index contributed by atoms with van der Waals surface area (Å²) >= 11 is 0. The summed E-state index contributed by atoms with van der Waals surface area (Å²) < 4.78 is 5.77. The average molecular weight is 284 g/mol. The third-order valence-corrected chi connectivity index (χ3v) is 3.73. The van der Waals surface area contributed by atoms with E-state index < -0.39 is 0 Å². The Morgan fingerprint density at radius 3 is 2.81 bits per heavy atom. The van der Waals surface area contributed by atoms with Gasteiger partial charge < -0.3 is 4.74 Å². The number of rotatable bonds is 5. The van der Waals surface area contributed by atoms with Crippen LogP contribution in [0.2, 0.25) is 0 Å². The molecule has 1 heterocycles. The maximum atomic E-state index is 11.2. The van der Waals surface area contributed by atoms with Gasteiger partial charge in [0.2, 0.25) is 0 Å². The summed E-state index contributed by atoms with van der Waals surface area (Å²) in [5.74, 6) is 1.11. The molecule has 108 valence electrons. The van der Waals surface area contributed by atoms with Crippen LogP contribution in [0, 0.1) is 17.0 Å². The number of nitrogens with zero attached hydrogens (tertiary/aromatic N) is 2. The molecule has 1 aromatic heterocycles. The second kappa shape index (κ2) is 5.52. The molecule has 1 aliphatic rings. The molecule has 0 N–H and O–H groups in total. The standard InChI is InChI=1S/C16H16N2O3/c1-11-16(6-3-9-17-11)21-10-14-13(12-7-8-12)4-2-5-15(14)18(19)20/h2-6,9,12H,7-8,10H2,1H3. The van der Waals surface area contributed by atoms with Gasteiger partial charge in [0.15, 0.2) is 0 Å². The molecule has 5 heteroatoms. The van der Waals surface area contributed by atoms with E-state index in [0.717, 1.165) is 24.1 Å². The zero-order valence-corrected chi connectivity index (χ0v) is 11.8. The first-order valence-electron chi connectivity index (χ1n) is 6.97. The molecular formula is C16H16N2O3. The molecule has 0 atom stereocenters. The number of hydrogen-bond acceptors (Lipinski definition) is 4. The van der Waals surface area contributed by atoms with E-state index in [2.05, 4.69) is 4.98 Å². The smallest absolute Gasteiger partial charge is 0.276 e. The van der Waals surface area contributed by atoms with Crippen LogP contribution >= 0.6 is 0 Å². The van der Waals surface area contributed by atoms with Crippen molar-refractivity contribution >= 4 is 5.69 Å². The van der Waals surface area contributed by atoms with E-state index in [0.29, 0.717) is 17.2 Å². The summed E-state index contributed by atoms with van der Waals surface area (Å²) in [6.45, 7) is 2.06. The number of pyridine rings is 1. The Hall–Kier alpha value is -2.43. The van der Waals surface area contributed by atoms with Crippen molar-refractivity contribution in [2.75, 3.05) is 0 Å². The van der Waals surface area contributed by atoms with Crippen LogP contribution in [0.4, 0.5) is 5.69 Å². The molecule has 0 unspecified atom stereocenters. The fourth-order valence-corrected chi connectivity index (χ4v) is 2.47. The van der Waals surface area contributed by atoms with E-state index >= 15 is 0 Å². The van der Waals surface area contributed by atoms with Crippen LogP contribution < -0.4 is 4.74 Å². The summed E-state index contributed by atoms with van der Waals surface area (Å²) in [6, 6.07) is 8.89. The Labute approximate surface area is 122 Å². The molecule has 3 rings (SSSR count). The third kappa shape index (κ3) is 2.86. The van der Waals surface area contributed by atoms with E-state index in [9.17, 15) is 10.1 Å². The van der Waals surface area contributed by atoms with Gasteiger partial charge in [-0.1, -0.05) is 12.1 Å². The number of ether oxygens (including phenoxy) is 1. The molecular weight excluding hydrogens is 268 g/mol. The molecule has 1 aromatic carbocycles. The van der Waals surface area contributed by atoms with Crippen molar-refractivity contribution < 1.29 is 9.66 Å². The Morgan fingerprint density at radius 2 is 2.14 bits per heavy atom. The molecule has 2 aromatic rings. The lowest BCUT2D eigenvalue weighted by Crippen LogP contribution is -2.05. The summed E-state index contributed by atoms with van der Waals surface area (Å²) in [5, 5.41) is 11.2. The summed E-state index contributed by atoms with van der Waals surface area (Å²) in [6.07, 6.45) is 3.89. The van der Waals surface area contributed by atoms with Gasteiger partial charge in [0.25, 0.3) is 5.69 Å². The van der Waals surface area contributed by atoms with Crippen LogP contribution in [0.1, 0.15) is 35.6 Å². The Kier molecular flexibility index (Phi) is 3.56. The van der Waals surface area contributed by atoms with Crippen molar-refractivity contribution in [1.82, 2.24) is 4.98 Å². The minimum Gasteiger partial charge on any atom is -0.487 e. The number of benzene rings is 1. The maximum Gasteiger partial charge on any atom is 0.276 e. The Bertz CT molecular complexity index is 681. The Balaban J connectivity index is 1.90. The molecule has 0 saturated heterocycles. The first kappa shape index (κ1) is 13.5. The monoisotopic (exact) mass is 284 g/mol. The van der Waals surface area contributed by atoms with E-state index in [4.69, 9.17) is 4.74 Å². The zero-order chi connectivity index (χ0) is 14.8. The van der Waals surface area contributed by atoms with Crippen molar-refractivity contribution in [3.8, 4) is 5.75 Å². The molecule has 21 heavy (non-hydrogen) atoms. The van der Waals surface area contributed by atoms with Gasteiger partial charge in [0.1, 0.15) is 12.4 Å². The predicted molar refractivity (Wildman–Crippen MR) is 78.4 cm³/mol. The lowest BCUT2D eigenvalue weighted by atomic mass is 10.0. The number of nitro groups is 1. The van der Waals surface area contributed by atoms with E-state index in [1.807, 2.05) is 19.1 Å².